The van der Waals surface area contributed by atoms with Crippen LogP contribution < -0.4 is 20.9 Å². The van der Waals surface area contributed by atoms with Crippen molar-refractivity contribution in [3.8, 4) is 5.75 Å². The van der Waals surface area contributed by atoms with E-state index in [1.54, 1.807) is 0 Å². The van der Waals surface area contributed by atoms with Crippen LogP contribution >= 0.6 is 0 Å². The summed E-state index contributed by atoms with van der Waals surface area (Å²) in [7, 11) is 1.38. The first-order valence-corrected chi connectivity index (χ1v) is 5.44. The number of hydrogen-bond acceptors (Lipinski definition) is 5. The molecule has 0 aromatic heterocycles. The van der Waals surface area contributed by atoms with E-state index in [-0.39, 0.29) is 12.4 Å². The van der Waals surface area contributed by atoms with Gasteiger partial charge in [-0.3, -0.25) is 9.59 Å². The number of ether oxygens (including phenoxy) is 1. The summed E-state index contributed by atoms with van der Waals surface area (Å²) in [6, 6.07) is 0. The van der Waals surface area contributed by atoms with Crippen LogP contribution in [0, 0.1) is 0 Å². The molecule has 2 N–H and O–H groups in total. The molecule has 0 saturated carbocycles. The zero-order valence-electron chi connectivity index (χ0n) is 9.41. The van der Waals surface area contributed by atoms with Crippen LogP contribution in [0.5, 0.6) is 5.75 Å². The Kier molecular flexibility index (Phi) is 4.98. The molecule has 0 unspecified atom stereocenters. The van der Waals surface area contributed by atoms with E-state index in [0.717, 1.165) is 25.7 Å². The van der Waals surface area contributed by atoms with Gasteiger partial charge in [0, 0.05) is 13.2 Å². The van der Waals surface area contributed by atoms with Gasteiger partial charge in [0.25, 0.3) is 10.9 Å². The molecule has 0 radical (unpaired) electrons. The van der Waals surface area contributed by atoms with E-state index in [4.69, 9.17) is 9.84 Å². The summed E-state index contributed by atoms with van der Waals surface area (Å²) in [4.78, 5) is 22.1. The Morgan fingerprint density at radius 2 is 1.81 bits per heavy atom. The average molecular weight is 227 g/mol. The molecule has 1 aromatic rings. The van der Waals surface area contributed by atoms with Crippen LogP contribution in [0.4, 0.5) is 5.69 Å². The second-order valence-electron chi connectivity index (χ2n) is 3.63. The normalized spacial score (nSPS) is 10.6. The molecule has 90 valence electrons. The average Bonchev–Trinajstić information content (AvgIpc) is 2.31. The smallest absolute Gasteiger partial charge is 0.271 e. The van der Waals surface area contributed by atoms with Crippen LogP contribution in [0.2, 0.25) is 0 Å². The Bertz CT molecular complexity index is 393. The lowest BCUT2D eigenvalue weighted by atomic mass is 10.2. The molecule has 0 saturated heterocycles. The summed E-state index contributed by atoms with van der Waals surface area (Å²) in [5, 5.41) is 11.5. The fraction of sp³-hybridized carbons (Fsp3) is 0.636. The van der Waals surface area contributed by atoms with Gasteiger partial charge in [-0.2, -0.15) is 0 Å². The predicted octanol–water partition coefficient (Wildman–Crippen LogP) is 0.256. The van der Waals surface area contributed by atoms with E-state index in [1.165, 1.54) is 7.11 Å². The number of methoxy groups -OCH3 is 1. The Balaban J connectivity index is 2.25. The molecule has 5 nitrogen and oxygen atoms in total. The Hall–Kier alpha value is -1.36. The topological polar surface area (TPSA) is 75.6 Å². The lowest BCUT2D eigenvalue weighted by Crippen LogP contribution is -2.35. The highest BCUT2D eigenvalue weighted by Gasteiger charge is 2.20. The van der Waals surface area contributed by atoms with Gasteiger partial charge in [-0.1, -0.05) is 12.8 Å². The van der Waals surface area contributed by atoms with Crippen molar-refractivity contribution < 1.29 is 9.84 Å². The second-order valence-corrected chi connectivity index (χ2v) is 3.63. The zero-order valence-corrected chi connectivity index (χ0v) is 9.41. The lowest BCUT2D eigenvalue weighted by Gasteiger charge is -2.11. The van der Waals surface area contributed by atoms with Gasteiger partial charge < -0.3 is 15.2 Å². The van der Waals surface area contributed by atoms with E-state index >= 15 is 0 Å². The summed E-state index contributed by atoms with van der Waals surface area (Å²) in [5.41, 5.74) is -0.743. The van der Waals surface area contributed by atoms with Crippen molar-refractivity contribution in [3.63, 3.8) is 0 Å². The third-order valence-electron chi connectivity index (χ3n) is 2.46. The third-order valence-corrected chi connectivity index (χ3v) is 2.46. The molecule has 0 aliphatic carbocycles. The van der Waals surface area contributed by atoms with Crippen molar-refractivity contribution in [3.05, 3.63) is 20.4 Å². The molecule has 0 bridgehead atoms. The van der Waals surface area contributed by atoms with Gasteiger partial charge in [-0.15, -0.1) is 0 Å². The second kappa shape index (κ2) is 6.27. The number of unbranched alkanes of at least 4 members (excludes halogenated alkanes) is 3. The van der Waals surface area contributed by atoms with Crippen molar-refractivity contribution in [2.45, 2.75) is 25.7 Å². The van der Waals surface area contributed by atoms with E-state index in [9.17, 15) is 9.59 Å². The SMILES string of the molecule is COc1c(NCCCCCCO)c(=O)c1=O. The van der Waals surface area contributed by atoms with Gasteiger partial charge in [-0.05, 0) is 12.8 Å². The van der Waals surface area contributed by atoms with Crippen molar-refractivity contribution in [1.82, 2.24) is 0 Å². The molecule has 1 rings (SSSR count). The monoisotopic (exact) mass is 227 g/mol. The lowest BCUT2D eigenvalue weighted by molar-refractivity contribution is 0.283. The van der Waals surface area contributed by atoms with Crippen molar-refractivity contribution >= 4 is 5.69 Å². The fourth-order valence-corrected chi connectivity index (χ4v) is 1.53. The van der Waals surface area contributed by atoms with Crippen molar-refractivity contribution in [1.29, 1.82) is 0 Å². The molecule has 0 aliphatic heterocycles. The Labute approximate surface area is 93.7 Å². The minimum absolute atomic E-state index is 0.139. The van der Waals surface area contributed by atoms with Crippen LogP contribution in [0.3, 0.4) is 0 Å². The maximum absolute atomic E-state index is 11.1. The maximum atomic E-state index is 11.1. The van der Waals surface area contributed by atoms with Gasteiger partial charge in [0.2, 0.25) is 0 Å². The molecule has 0 fully saturated rings. The third kappa shape index (κ3) is 2.82. The summed E-state index contributed by atoms with van der Waals surface area (Å²) in [6.45, 7) is 0.867. The van der Waals surface area contributed by atoms with Gasteiger partial charge >= 0.3 is 0 Å². The molecular weight excluding hydrogens is 210 g/mol. The van der Waals surface area contributed by atoms with E-state index in [2.05, 4.69) is 5.32 Å². The largest absolute Gasteiger partial charge is 0.491 e. The summed E-state index contributed by atoms with van der Waals surface area (Å²) in [5.74, 6) is 0.139. The molecule has 0 atom stereocenters. The minimum atomic E-state index is -0.551. The molecule has 0 heterocycles. The highest BCUT2D eigenvalue weighted by atomic mass is 16.5. The quantitative estimate of drug-likeness (QED) is 0.492. The molecule has 0 spiro atoms. The summed E-state index contributed by atoms with van der Waals surface area (Å²) in [6.07, 6.45) is 3.68. The number of aliphatic hydroxyl groups excluding tert-OH is 1. The molecule has 5 heteroatoms. The van der Waals surface area contributed by atoms with Crippen LogP contribution in [0.15, 0.2) is 9.59 Å². The predicted molar refractivity (Wildman–Crippen MR) is 61.9 cm³/mol. The number of rotatable bonds is 8. The number of anilines is 1. The van der Waals surface area contributed by atoms with E-state index < -0.39 is 10.9 Å². The van der Waals surface area contributed by atoms with Crippen LogP contribution in [-0.2, 0) is 0 Å². The minimum Gasteiger partial charge on any atom is -0.491 e. The molecule has 0 amide bonds. The number of hydrogen-bond donors (Lipinski definition) is 2. The highest BCUT2D eigenvalue weighted by Crippen LogP contribution is 2.16. The molecular formula is C11H17NO4. The first-order valence-electron chi connectivity index (χ1n) is 5.44. The Morgan fingerprint density at radius 1 is 1.12 bits per heavy atom. The van der Waals surface area contributed by atoms with Crippen LogP contribution in [0.1, 0.15) is 25.7 Å². The first-order chi connectivity index (χ1) is 7.72. The van der Waals surface area contributed by atoms with Gasteiger partial charge in [0.15, 0.2) is 5.75 Å². The number of nitrogens with one attached hydrogen (secondary N) is 1. The number of aliphatic hydroxyl groups is 1. The molecule has 1 aromatic carbocycles. The van der Waals surface area contributed by atoms with Gasteiger partial charge in [0.05, 0.1) is 7.11 Å². The Morgan fingerprint density at radius 3 is 2.44 bits per heavy atom. The van der Waals surface area contributed by atoms with Crippen LogP contribution in [-0.4, -0.2) is 25.4 Å². The standard InChI is InChI=1S/C11H17NO4/c1-16-11-8(9(14)10(11)15)12-6-4-2-3-5-7-13/h12-13H,2-7H2,1H3. The van der Waals surface area contributed by atoms with Crippen LogP contribution in [0.25, 0.3) is 0 Å². The highest BCUT2D eigenvalue weighted by molar-refractivity contribution is 5.61. The van der Waals surface area contributed by atoms with Crippen molar-refractivity contribution in [2.75, 3.05) is 25.6 Å². The van der Waals surface area contributed by atoms with E-state index in [0.29, 0.717) is 12.2 Å². The van der Waals surface area contributed by atoms with Gasteiger partial charge in [0.1, 0.15) is 5.69 Å². The van der Waals surface area contributed by atoms with Gasteiger partial charge in [-0.25, -0.2) is 0 Å². The van der Waals surface area contributed by atoms with Crippen molar-refractivity contribution in [2.24, 2.45) is 0 Å². The summed E-state index contributed by atoms with van der Waals surface area (Å²) >= 11 is 0. The van der Waals surface area contributed by atoms with E-state index in [1.807, 2.05) is 0 Å². The molecule has 0 aliphatic rings. The first kappa shape index (κ1) is 12.7. The fourth-order valence-electron chi connectivity index (χ4n) is 1.53. The molecule has 16 heavy (non-hydrogen) atoms. The summed E-state index contributed by atoms with van der Waals surface area (Å²) < 4.78 is 4.79. The zero-order chi connectivity index (χ0) is 12.0. The maximum Gasteiger partial charge on any atom is 0.271 e.